The van der Waals surface area contributed by atoms with E-state index in [-0.39, 0.29) is 35.2 Å². The minimum absolute atomic E-state index is 0.0816. The molecule has 7 heteroatoms. The molecule has 0 aliphatic carbocycles. The van der Waals surface area contributed by atoms with Crippen molar-refractivity contribution in [3.63, 3.8) is 0 Å². The topological polar surface area (TPSA) is 89.9 Å². The van der Waals surface area contributed by atoms with Crippen LogP contribution in [0.3, 0.4) is 0 Å². The quantitative estimate of drug-likeness (QED) is 0.460. The number of hydrogen-bond acceptors (Lipinski definition) is 7. The first-order valence-electron chi connectivity index (χ1n) is 11.0. The van der Waals surface area contributed by atoms with Gasteiger partial charge in [0.1, 0.15) is 22.8 Å². The van der Waals surface area contributed by atoms with E-state index in [1.807, 2.05) is 22.9 Å². The molecule has 0 spiro atoms. The van der Waals surface area contributed by atoms with Crippen molar-refractivity contribution in [1.82, 2.24) is 0 Å². The number of cyclic esters (lactones) is 1. The smallest absolute Gasteiger partial charge is 0.342 e. The number of ketones is 1. The van der Waals surface area contributed by atoms with Crippen molar-refractivity contribution in [1.29, 1.82) is 0 Å². The van der Waals surface area contributed by atoms with E-state index in [9.17, 15) is 19.5 Å². The molecule has 0 saturated carbocycles. The molecule has 0 unspecified atom stereocenters. The van der Waals surface area contributed by atoms with Crippen LogP contribution < -0.4 is 4.74 Å². The SMILES string of the molecule is C[C@@H]1CCCC(=O)CCCC=Cc2cc3c(c(O)c2C(=O)O1)[C@H](c1ccsc1)CC(=O)O3. The summed E-state index contributed by atoms with van der Waals surface area (Å²) >= 11 is 1.50. The van der Waals surface area contributed by atoms with Crippen LogP contribution in [0.2, 0.25) is 0 Å². The van der Waals surface area contributed by atoms with Gasteiger partial charge in [-0.2, -0.15) is 11.3 Å². The zero-order valence-corrected chi connectivity index (χ0v) is 18.8. The predicted molar refractivity (Wildman–Crippen MR) is 121 cm³/mol. The first-order chi connectivity index (χ1) is 15.4. The third kappa shape index (κ3) is 4.78. The Morgan fingerprint density at radius 3 is 2.75 bits per heavy atom. The van der Waals surface area contributed by atoms with E-state index in [0.717, 1.165) is 12.0 Å². The van der Waals surface area contributed by atoms with E-state index < -0.39 is 18.0 Å². The number of thiophene rings is 1. The zero-order chi connectivity index (χ0) is 22.7. The van der Waals surface area contributed by atoms with Crippen LogP contribution in [-0.2, 0) is 14.3 Å². The highest BCUT2D eigenvalue weighted by Crippen LogP contribution is 2.47. The van der Waals surface area contributed by atoms with Gasteiger partial charge in [-0.3, -0.25) is 9.59 Å². The fourth-order valence-electron chi connectivity index (χ4n) is 4.28. The maximum absolute atomic E-state index is 13.1. The number of allylic oxidation sites excluding steroid dienone is 1. The van der Waals surface area contributed by atoms with Gasteiger partial charge in [0.25, 0.3) is 0 Å². The summed E-state index contributed by atoms with van der Waals surface area (Å²) in [6.45, 7) is 1.79. The van der Waals surface area contributed by atoms with Gasteiger partial charge in [-0.1, -0.05) is 12.2 Å². The maximum Gasteiger partial charge on any atom is 0.342 e. The highest BCUT2D eigenvalue weighted by molar-refractivity contribution is 7.08. The number of Topliss-reactive ketones (excluding diaryl/α,β-unsaturated/α-hetero) is 1. The van der Waals surface area contributed by atoms with Gasteiger partial charge >= 0.3 is 11.9 Å². The van der Waals surface area contributed by atoms with E-state index in [1.54, 1.807) is 19.1 Å². The van der Waals surface area contributed by atoms with Crippen LogP contribution in [0.15, 0.2) is 29.0 Å². The number of phenols is 1. The molecular weight excluding hydrogens is 428 g/mol. The van der Waals surface area contributed by atoms with E-state index in [2.05, 4.69) is 0 Å². The van der Waals surface area contributed by atoms with Crippen LogP contribution in [0.25, 0.3) is 6.08 Å². The van der Waals surface area contributed by atoms with Crippen molar-refractivity contribution in [2.24, 2.45) is 0 Å². The molecule has 6 nitrogen and oxygen atoms in total. The van der Waals surface area contributed by atoms with Gasteiger partial charge in [0, 0.05) is 24.3 Å². The minimum atomic E-state index is -0.623. The molecule has 32 heavy (non-hydrogen) atoms. The molecule has 2 aromatic rings. The summed E-state index contributed by atoms with van der Waals surface area (Å²) in [5.74, 6) is -1.13. The van der Waals surface area contributed by atoms with E-state index in [0.29, 0.717) is 43.2 Å². The van der Waals surface area contributed by atoms with Crippen molar-refractivity contribution < 1.29 is 29.0 Å². The van der Waals surface area contributed by atoms with Crippen LogP contribution in [0, 0.1) is 0 Å². The average molecular weight is 455 g/mol. The Labute approximate surface area is 190 Å². The number of rotatable bonds is 1. The minimum Gasteiger partial charge on any atom is -0.507 e. The van der Waals surface area contributed by atoms with Gasteiger partial charge in [0.15, 0.2) is 0 Å². The Kier molecular flexibility index (Phi) is 6.74. The Morgan fingerprint density at radius 1 is 1.16 bits per heavy atom. The average Bonchev–Trinajstić information content (AvgIpc) is 3.27. The fraction of sp³-hybridized carbons (Fsp3) is 0.400. The molecular formula is C25H26O6S. The molecule has 0 saturated heterocycles. The van der Waals surface area contributed by atoms with Crippen molar-refractivity contribution in [3.05, 3.63) is 51.2 Å². The molecule has 1 aromatic carbocycles. The lowest BCUT2D eigenvalue weighted by atomic mass is 9.84. The Morgan fingerprint density at radius 2 is 1.97 bits per heavy atom. The second-order valence-corrected chi connectivity index (χ2v) is 9.11. The van der Waals surface area contributed by atoms with E-state index in [1.165, 1.54) is 11.3 Å². The largest absolute Gasteiger partial charge is 0.507 e. The molecule has 2 aliphatic rings. The van der Waals surface area contributed by atoms with Crippen LogP contribution in [-0.4, -0.2) is 28.9 Å². The lowest BCUT2D eigenvalue weighted by molar-refractivity contribution is -0.135. The number of esters is 2. The molecule has 3 heterocycles. The molecule has 168 valence electrons. The number of carbonyl (C=O) groups excluding carboxylic acids is 3. The summed E-state index contributed by atoms with van der Waals surface area (Å²) in [4.78, 5) is 37.4. The number of fused-ring (bicyclic) bond motifs is 2. The lowest BCUT2D eigenvalue weighted by Gasteiger charge is -2.27. The van der Waals surface area contributed by atoms with Crippen LogP contribution in [0.1, 0.15) is 84.8 Å². The van der Waals surface area contributed by atoms with Gasteiger partial charge < -0.3 is 14.6 Å². The standard InChI is InChI=1S/C25H26O6S/c1-15-6-5-9-18(26)8-4-2-3-7-16-12-20-23(24(28)22(16)25(29)30-15)19(13-21(27)31-20)17-10-11-32-14-17/h3,7,10-12,14-15,19,28H,2,4-6,8-9,13H2,1H3/t15-,19+/m1/s1. The Balaban J connectivity index is 1.79. The molecule has 1 aromatic heterocycles. The number of aromatic hydroxyl groups is 1. The zero-order valence-electron chi connectivity index (χ0n) is 18.0. The molecule has 0 fully saturated rings. The predicted octanol–water partition coefficient (Wildman–Crippen LogP) is 5.38. The van der Waals surface area contributed by atoms with Gasteiger partial charge in [0.2, 0.25) is 0 Å². The highest BCUT2D eigenvalue weighted by atomic mass is 32.1. The molecule has 2 atom stereocenters. The van der Waals surface area contributed by atoms with Gasteiger partial charge in [-0.25, -0.2) is 4.79 Å². The van der Waals surface area contributed by atoms with Crippen molar-refractivity contribution >= 4 is 35.1 Å². The van der Waals surface area contributed by atoms with Gasteiger partial charge in [-0.15, -0.1) is 0 Å². The van der Waals surface area contributed by atoms with Crippen molar-refractivity contribution in [3.8, 4) is 11.5 Å². The Hall–Kier alpha value is -2.93. The number of carbonyl (C=O) groups is 3. The number of benzene rings is 1. The van der Waals surface area contributed by atoms with Crippen molar-refractivity contribution in [2.45, 2.75) is 63.9 Å². The summed E-state index contributed by atoms with van der Waals surface area (Å²) in [5.41, 5.74) is 1.84. The van der Waals surface area contributed by atoms with E-state index >= 15 is 0 Å². The Bertz CT molecular complexity index is 1050. The number of phenolic OH excluding ortho intramolecular Hbond substituents is 1. The van der Waals surface area contributed by atoms with Crippen molar-refractivity contribution in [2.75, 3.05) is 0 Å². The summed E-state index contributed by atoms with van der Waals surface area (Å²) in [6, 6.07) is 3.53. The normalized spacial score (nSPS) is 22.3. The third-order valence-corrected chi connectivity index (χ3v) is 6.63. The third-order valence-electron chi connectivity index (χ3n) is 5.92. The lowest BCUT2D eigenvalue weighted by Crippen LogP contribution is -2.23. The summed E-state index contributed by atoms with van der Waals surface area (Å²) in [7, 11) is 0. The van der Waals surface area contributed by atoms with E-state index in [4.69, 9.17) is 9.47 Å². The maximum atomic E-state index is 13.1. The summed E-state index contributed by atoms with van der Waals surface area (Å²) < 4.78 is 11.1. The first kappa shape index (κ1) is 22.3. The monoisotopic (exact) mass is 454 g/mol. The molecule has 0 amide bonds. The molecule has 0 radical (unpaired) electrons. The van der Waals surface area contributed by atoms with Crippen LogP contribution >= 0.6 is 11.3 Å². The molecule has 1 N–H and O–H groups in total. The fourth-order valence-corrected chi connectivity index (χ4v) is 4.99. The molecule has 4 rings (SSSR count). The first-order valence-corrected chi connectivity index (χ1v) is 11.9. The number of hydrogen-bond donors (Lipinski definition) is 1. The second kappa shape index (κ2) is 9.69. The molecule has 0 bridgehead atoms. The second-order valence-electron chi connectivity index (χ2n) is 8.33. The number of ether oxygens (including phenoxy) is 2. The van der Waals surface area contributed by atoms with Crippen LogP contribution in [0.5, 0.6) is 11.5 Å². The highest BCUT2D eigenvalue weighted by Gasteiger charge is 2.35. The molecule has 2 aliphatic heterocycles. The van der Waals surface area contributed by atoms with Gasteiger partial charge in [-0.05, 0) is 66.6 Å². The summed E-state index contributed by atoms with van der Waals surface area (Å²) in [6.07, 6.45) is 6.88. The van der Waals surface area contributed by atoms with Gasteiger partial charge in [0.05, 0.1) is 12.5 Å². The summed E-state index contributed by atoms with van der Waals surface area (Å²) in [5, 5.41) is 15.1. The van der Waals surface area contributed by atoms with Crippen LogP contribution in [0.4, 0.5) is 0 Å².